The second kappa shape index (κ2) is 14.1. The molecule has 0 bridgehead atoms. The van der Waals surface area contributed by atoms with Gasteiger partial charge in [-0.2, -0.15) is 0 Å². The molecule has 1 heterocycles. The van der Waals surface area contributed by atoms with E-state index in [9.17, 15) is 11.0 Å². The summed E-state index contributed by atoms with van der Waals surface area (Å²) in [6.45, 7) is 0. The summed E-state index contributed by atoms with van der Waals surface area (Å²) in [7, 11) is 0. The van der Waals surface area contributed by atoms with E-state index in [0.29, 0.717) is 33.5 Å². The van der Waals surface area contributed by atoms with Gasteiger partial charge in [-0.3, -0.25) is 0 Å². The van der Waals surface area contributed by atoms with Gasteiger partial charge in [-0.1, -0.05) is 182 Å². The van der Waals surface area contributed by atoms with Crippen LogP contribution in [0.3, 0.4) is 0 Å². The van der Waals surface area contributed by atoms with Gasteiger partial charge < -0.3 is 9.32 Å². The Balaban J connectivity index is 1.17. The normalized spacial score (nSPS) is 13.4. The lowest BCUT2D eigenvalue weighted by Crippen LogP contribution is -2.11. The lowest BCUT2D eigenvalue weighted by Gasteiger charge is -2.28. The summed E-state index contributed by atoms with van der Waals surface area (Å²) in [4.78, 5) is 1.39. The van der Waals surface area contributed by atoms with Gasteiger partial charge in [0.15, 0.2) is 0 Å². The van der Waals surface area contributed by atoms with Crippen LogP contribution in [0.1, 0.15) is 11.0 Å². The Bertz CT molecular complexity index is 3690. The van der Waals surface area contributed by atoms with E-state index in [-0.39, 0.29) is 46.7 Å². The molecule has 0 unspecified atom stereocenters. The SMILES string of the molecule is [2H]c1c([2H])c(N(c2ccccc2-c2cc3ccccc3c3oc4ccccc4c23)c2c([2H])c([2H])c(-c3ccc(-c4cccc5ccccc45)cc3)c([2H])c2[2H])c([2H])c([2H])c1-c1ccccc1. The summed E-state index contributed by atoms with van der Waals surface area (Å²) >= 11 is 0. The van der Waals surface area contributed by atoms with Crippen molar-refractivity contribution in [2.45, 2.75) is 0 Å². The van der Waals surface area contributed by atoms with Crippen molar-refractivity contribution in [1.29, 1.82) is 0 Å². The van der Waals surface area contributed by atoms with Gasteiger partial charge >= 0.3 is 0 Å². The topological polar surface area (TPSA) is 16.4 Å². The fourth-order valence-electron chi connectivity index (χ4n) is 8.04. The number of rotatable bonds is 7. The molecule has 58 heavy (non-hydrogen) atoms. The van der Waals surface area contributed by atoms with Gasteiger partial charge in [0, 0.05) is 33.1 Å². The molecule has 1 aromatic heterocycles. The van der Waals surface area contributed by atoms with Crippen molar-refractivity contribution in [3.05, 3.63) is 224 Å². The van der Waals surface area contributed by atoms with Gasteiger partial charge in [0.1, 0.15) is 11.2 Å². The highest BCUT2D eigenvalue weighted by molar-refractivity contribution is 6.22. The summed E-state index contributed by atoms with van der Waals surface area (Å²) < 4.78 is 83.3. The van der Waals surface area contributed by atoms with Gasteiger partial charge in [0.25, 0.3) is 0 Å². The fraction of sp³-hybridized carbons (Fsp3) is 0. The van der Waals surface area contributed by atoms with Crippen LogP contribution in [0.25, 0.3) is 88.0 Å². The van der Waals surface area contributed by atoms with Crippen LogP contribution < -0.4 is 4.90 Å². The summed E-state index contributed by atoms with van der Waals surface area (Å²) in [5, 5.41) is 5.62. The van der Waals surface area contributed by atoms with Crippen LogP contribution >= 0.6 is 0 Å². The second-order valence-corrected chi connectivity index (χ2v) is 14.2. The lowest BCUT2D eigenvalue weighted by atomic mass is 9.93. The number of hydrogen-bond acceptors (Lipinski definition) is 2. The Hall–Kier alpha value is -7.68. The van der Waals surface area contributed by atoms with Gasteiger partial charge in [-0.25, -0.2) is 0 Å². The Kier molecular flexibility index (Phi) is 6.38. The molecule has 0 aliphatic heterocycles. The highest BCUT2D eigenvalue weighted by atomic mass is 16.3. The third-order valence-corrected chi connectivity index (χ3v) is 10.8. The van der Waals surface area contributed by atoms with E-state index in [1.807, 2.05) is 109 Å². The average molecular weight is 748 g/mol. The Labute approximate surface area is 348 Å². The molecule has 0 aliphatic rings. The quantitative estimate of drug-likeness (QED) is 0.161. The second-order valence-electron chi connectivity index (χ2n) is 14.2. The minimum absolute atomic E-state index is 0.0894. The predicted octanol–water partition coefficient (Wildman–Crippen LogP) is 16.0. The molecule has 0 atom stereocenters. The fourth-order valence-corrected chi connectivity index (χ4v) is 8.04. The largest absolute Gasteiger partial charge is 0.455 e. The number of hydrogen-bond donors (Lipinski definition) is 0. The van der Waals surface area contributed by atoms with Crippen LogP contribution in [0.5, 0.6) is 0 Å². The van der Waals surface area contributed by atoms with E-state index >= 15 is 0 Å². The van der Waals surface area contributed by atoms with Gasteiger partial charge in [0.05, 0.1) is 16.7 Å². The number of furan rings is 1. The summed E-state index contributed by atoms with van der Waals surface area (Å²) in [5.74, 6) is 0. The smallest absolute Gasteiger partial charge is 0.143 e. The Morgan fingerprint density at radius 3 is 1.64 bits per heavy atom. The molecule has 11 aromatic rings. The van der Waals surface area contributed by atoms with Crippen molar-refractivity contribution in [2.75, 3.05) is 4.90 Å². The molecule has 2 heteroatoms. The van der Waals surface area contributed by atoms with Crippen molar-refractivity contribution < 1.29 is 15.4 Å². The minimum atomic E-state index is -0.416. The summed E-state index contributed by atoms with van der Waals surface area (Å²) in [6.07, 6.45) is 0. The number of fused-ring (bicyclic) bond motifs is 6. The molecule has 2 nitrogen and oxygen atoms in total. The maximum atomic E-state index is 9.78. The van der Waals surface area contributed by atoms with E-state index in [4.69, 9.17) is 4.42 Å². The lowest BCUT2D eigenvalue weighted by molar-refractivity contribution is 0.673. The van der Waals surface area contributed by atoms with Crippen molar-refractivity contribution in [1.82, 2.24) is 0 Å². The van der Waals surface area contributed by atoms with E-state index in [2.05, 4.69) is 18.2 Å². The third-order valence-electron chi connectivity index (χ3n) is 10.8. The van der Waals surface area contributed by atoms with Crippen LogP contribution in [-0.4, -0.2) is 0 Å². The first-order chi connectivity index (χ1) is 32.1. The van der Waals surface area contributed by atoms with Crippen LogP contribution in [0.2, 0.25) is 0 Å². The molecule has 0 aliphatic carbocycles. The first kappa shape index (κ1) is 26.2. The predicted molar refractivity (Wildman–Crippen MR) is 245 cm³/mol. The molecule has 272 valence electrons. The third kappa shape index (κ3) is 5.82. The molecular formula is C56H37NO. The maximum Gasteiger partial charge on any atom is 0.143 e. The van der Waals surface area contributed by atoms with Crippen LogP contribution in [0.4, 0.5) is 17.1 Å². The van der Waals surface area contributed by atoms with E-state index in [0.717, 1.165) is 49.0 Å². The monoisotopic (exact) mass is 747 g/mol. The van der Waals surface area contributed by atoms with Crippen LogP contribution in [-0.2, 0) is 0 Å². The van der Waals surface area contributed by atoms with Crippen LogP contribution in [0.15, 0.2) is 229 Å². The first-order valence-electron chi connectivity index (χ1n) is 23.2. The maximum absolute atomic E-state index is 9.78. The van der Waals surface area contributed by atoms with E-state index < -0.39 is 24.2 Å². The number of benzene rings is 10. The molecule has 0 N–H and O–H groups in total. The molecular weight excluding hydrogens is 703 g/mol. The van der Waals surface area contributed by atoms with Gasteiger partial charge in [-0.05, 0) is 97.5 Å². The highest BCUT2D eigenvalue weighted by Gasteiger charge is 2.22. The molecule has 0 radical (unpaired) electrons. The zero-order valence-corrected chi connectivity index (χ0v) is 31.1. The minimum Gasteiger partial charge on any atom is -0.455 e. The van der Waals surface area contributed by atoms with Crippen LogP contribution in [0, 0.1) is 0 Å². The summed E-state index contributed by atoms with van der Waals surface area (Å²) in [6, 6.07) is 52.5. The zero-order chi connectivity index (χ0) is 45.4. The molecule has 0 saturated carbocycles. The number of nitrogens with zero attached hydrogens (tertiary/aromatic N) is 1. The molecule has 0 saturated heterocycles. The van der Waals surface area contributed by atoms with Gasteiger partial charge in [-0.15, -0.1) is 0 Å². The van der Waals surface area contributed by atoms with E-state index in [1.165, 1.54) is 4.90 Å². The van der Waals surface area contributed by atoms with Crippen molar-refractivity contribution in [2.24, 2.45) is 0 Å². The summed E-state index contributed by atoms with van der Waals surface area (Å²) in [5.41, 5.74) is 5.63. The number of anilines is 3. The Morgan fingerprint density at radius 2 is 0.897 bits per heavy atom. The zero-order valence-electron chi connectivity index (χ0n) is 39.1. The number of para-hydroxylation sites is 2. The highest BCUT2D eigenvalue weighted by Crippen LogP contribution is 2.47. The van der Waals surface area contributed by atoms with Crippen molar-refractivity contribution in [3.8, 4) is 44.5 Å². The first-order valence-corrected chi connectivity index (χ1v) is 19.2. The molecule has 10 aromatic carbocycles. The Morgan fingerprint density at radius 1 is 0.362 bits per heavy atom. The van der Waals surface area contributed by atoms with Crippen molar-refractivity contribution >= 4 is 60.5 Å². The van der Waals surface area contributed by atoms with Crippen molar-refractivity contribution in [3.63, 3.8) is 0 Å². The average Bonchev–Trinajstić information content (AvgIpc) is 3.75. The van der Waals surface area contributed by atoms with Gasteiger partial charge in [0.2, 0.25) is 0 Å². The molecule has 11 rings (SSSR count). The molecule has 0 fully saturated rings. The molecule has 0 spiro atoms. The van der Waals surface area contributed by atoms with E-state index in [1.54, 1.807) is 48.5 Å². The standard InChI is InChI=1S/C56H37NO/c1-2-13-38(14-3-1)40-29-33-45(34-30-40)57(46-35-31-41(32-36-46)39-25-27-43(28-26-39)48-22-12-17-42-15-4-6-18-47(42)48)53-23-10-8-20-50(53)52-37-44-16-5-7-19-49(44)56-55(52)51-21-9-11-24-54(51)58-56/h1-37H/i29D,30D,31D,32D,33D,34D,35D,36D. The molecule has 0 amide bonds.